The van der Waals surface area contributed by atoms with Gasteiger partial charge in [-0.2, -0.15) is 0 Å². The average Bonchev–Trinajstić information content (AvgIpc) is 2.20. The van der Waals surface area contributed by atoms with Crippen molar-refractivity contribution >= 4 is 17.7 Å². The molecular formula is C15H18. The fourth-order valence-electron chi connectivity index (χ4n) is 1.70. The first-order valence-corrected chi connectivity index (χ1v) is 5.15. The van der Waals surface area contributed by atoms with Crippen LogP contribution in [0.15, 0.2) is 31.4 Å². The summed E-state index contributed by atoms with van der Waals surface area (Å²) >= 11 is 0. The molecule has 0 aliphatic heterocycles. The molecule has 1 aromatic rings. The number of allylic oxidation sites excluding steroid dienone is 2. The largest absolute Gasteiger partial charge is 0.0985 e. The molecule has 0 atom stereocenters. The van der Waals surface area contributed by atoms with Gasteiger partial charge in [0.1, 0.15) is 0 Å². The van der Waals surface area contributed by atoms with Gasteiger partial charge in [-0.05, 0) is 55.2 Å². The predicted molar refractivity (Wildman–Crippen MR) is 70.7 cm³/mol. The van der Waals surface area contributed by atoms with Crippen LogP contribution in [0.4, 0.5) is 0 Å². The van der Waals surface area contributed by atoms with Crippen LogP contribution in [0, 0.1) is 6.92 Å². The molecule has 0 aliphatic rings. The molecule has 15 heavy (non-hydrogen) atoms. The van der Waals surface area contributed by atoms with E-state index in [0.29, 0.717) is 0 Å². The van der Waals surface area contributed by atoms with E-state index in [1.54, 1.807) is 0 Å². The van der Waals surface area contributed by atoms with Crippen LogP contribution < -0.4 is 0 Å². The normalized spacial score (nSPS) is 10.6. The Hall–Kier alpha value is -1.56. The Balaban J connectivity index is 3.44. The van der Waals surface area contributed by atoms with Crippen LogP contribution >= 0.6 is 0 Å². The molecule has 0 spiro atoms. The number of hydrogen-bond acceptors (Lipinski definition) is 0. The average molecular weight is 198 g/mol. The van der Waals surface area contributed by atoms with Crippen LogP contribution in [0.5, 0.6) is 0 Å². The van der Waals surface area contributed by atoms with Crippen molar-refractivity contribution < 1.29 is 0 Å². The van der Waals surface area contributed by atoms with Gasteiger partial charge in [0.25, 0.3) is 0 Å². The van der Waals surface area contributed by atoms with Gasteiger partial charge in [0, 0.05) is 0 Å². The summed E-state index contributed by atoms with van der Waals surface area (Å²) in [6, 6.07) is 4.32. The lowest BCUT2D eigenvalue weighted by molar-refractivity contribution is 1.38. The van der Waals surface area contributed by atoms with Crippen LogP contribution in [-0.4, -0.2) is 0 Å². The smallest absolute Gasteiger partial charge is 0.0192 e. The Kier molecular flexibility index (Phi) is 3.68. The molecule has 0 unspecified atom stereocenters. The van der Waals surface area contributed by atoms with E-state index in [9.17, 15) is 0 Å². The van der Waals surface area contributed by atoms with Gasteiger partial charge in [0.15, 0.2) is 0 Å². The van der Waals surface area contributed by atoms with E-state index in [1.807, 2.05) is 26.0 Å². The molecule has 0 heterocycles. The zero-order chi connectivity index (χ0) is 11.4. The van der Waals surface area contributed by atoms with Gasteiger partial charge in [-0.3, -0.25) is 0 Å². The number of hydrogen-bond donors (Lipinski definition) is 0. The van der Waals surface area contributed by atoms with Gasteiger partial charge in [-0.1, -0.05) is 37.0 Å². The minimum atomic E-state index is 1.10. The summed E-state index contributed by atoms with van der Waals surface area (Å²) in [6.45, 7) is 14.0. The Morgan fingerprint density at radius 1 is 1.33 bits per heavy atom. The quantitative estimate of drug-likeness (QED) is 0.660. The Morgan fingerprint density at radius 2 is 2.00 bits per heavy atom. The topological polar surface area (TPSA) is 0 Å². The Morgan fingerprint density at radius 3 is 2.47 bits per heavy atom. The molecule has 0 fully saturated rings. The summed E-state index contributed by atoms with van der Waals surface area (Å²) in [5.74, 6) is 0. The van der Waals surface area contributed by atoms with E-state index >= 15 is 0 Å². The lowest BCUT2D eigenvalue weighted by atomic mass is 9.95. The molecule has 0 saturated heterocycles. The first kappa shape index (κ1) is 11.5. The van der Waals surface area contributed by atoms with Gasteiger partial charge >= 0.3 is 0 Å². The van der Waals surface area contributed by atoms with Crippen molar-refractivity contribution in [3.63, 3.8) is 0 Å². The minimum Gasteiger partial charge on any atom is -0.0985 e. The second-order valence-electron chi connectivity index (χ2n) is 3.77. The molecule has 0 aromatic heterocycles. The predicted octanol–water partition coefficient (Wildman–Crippen LogP) is 4.70. The van der Waals surface area contributed by atoms with Crippen molar-refractivity contribution in [2.75, 3.05) is 0 Å². The SMILES string of the molecule is C=Cc1cc(C=CC)cc(C(=C)C)c1C. The maximum Gasteiger partial charge on any atom is -0.0192 e. The zero-order valence-corrected chi connectivity index (χ0v) is 9.80. The van der Waals surface area contributed by atoms with Crippen molar-refractivity contribution in [1.29, 1.82) is 0 Å². The summed E-state index contributed by atoms with van der Waals surface area (Å²) in [5.41, 5.74) is 5.97. The van der Waals surface area contributed by atoms with Crippen molar-refractivity contribution in [2.45, 2.75) is 20.8 Å². The highest BCUT2D eigenvalue weighted by Gasteiger charge is 2.04. The molecule has 0 nitrogen and oxygen atoms in total. The van der Waals surface area contributed by atoms with Crippen LogP contribution in [-0.2, 0) is 0 Å². The summed E-state index contributed by atoms with van der Waals surface area (Å²) < 4.78 is 0. The van der Waals surface area contributed by atoms with Gasteiger partial charge in [0.2, 0.25) is 0 Å². The van der Waals surface area contributed by atoms with Gasteiger partial charge in [-0.25, -0.2) is 0 Å². The third kappa shape index (κ3) is 2.47. The van der Waals surface area contributed by atoms with Crippen molar-refractivity contribution in [3.05, 3.63) is 53.6 Å². The highest BCUT2D eigenvalue weighted by atomic mass is 14.1. The second-order valence-corrected chi connectivity index (χ2v) is 3.77. The highest BCUT2D eigenvalue weighted by Crippen LogP contribution is 2.24. The second kappa shape index (κ2) is 4.79. The molecule has 1 rings (SSSR count). The van der Waals surface area contributed by atoms with Crippen LogP contribution in [0.2, 0.25) is 0 Å². The van der Waals surface area contributed by atoms with Crippen LogP contribution in [0.25, 0.3) is 17.7 Å². The Bertz CT molecular complexity index is 420. The molecule has 0 radical (unpaired) electrons. The molecule has 0 aliphatic carbocycles. The number of benzene rings is 1. The third-order valence-electron chi connectivity index (χ3n) is 2.51. The molecule has 0 amide bonds. The molecule has 0 saturated carbocycles. The highest BCUT2D eigenvalue weighted by molar-refractivity contribution is 5.72. The maximum absolute atomic E-state index is 4.00. The third-order valence-corrected chi connectivity index (χ3v) is 2.51. The monoisotopic (exact) mass is 198 g/mol. The molecule has 0 N–H and O–H groups in total. The minimum absolute atomic E-state index is 1.10. The first-order valence-electron chi connectivity index (χ1n) is 5.15. The summed E-state index contributed by atoms with van der Waals surface area (Å²) in [5, 5.41) is 0. The van der Waals surface area contributed by atoms with Gasteiger partial charge in [0.05, 0.1) is 0 Å². The van der Waals surface area contributed by atoms with Gasteiger partial charge < -0.3 is 0 Å². The summed E-state index contributed by atoms with van der Waals surface area (Å²) in [4.78, 5) is 0. The molecule has 0 bridgehead atoms. The zero-order valence-electron chi connectivity index (χ0n) is 9.80. The van der Waals surface area contributed by atoms with Gasteiger partial charge in [-0.15, -0.1) is 0 Å². The van der Waals surface area contributed by atoms with Crippen molar-refractivity contribution in [1.82, 2.24) is 0 Å². The van der Waals surface area contributed by atoms with Crippen LogP contribution in [0.1, 0.15) is 36.1 Å². The molecular weight excluding hydrogens is 180 g/mol. The summed E-state index contributed by atoms with van der Waals surface area (Å²) in [7, 11) is 0. The van der Waals surface area contributed by atoms with E-state index in [1.165, 1.54) is 22.3 Å². The van der Waals surface area contributed by atoms with Crippen molar-refractivity contribution in [3.8, 4) is 0 Å². The fraction of sp³-hybridized carbons (Fsp3) is 0.200. The van der Waals surface area contributed by atoms with Crippen molar-refractivity contribution in [2.24, 2.45) is 0 Å². The van der Waals surface area contributed by atoms with E-state index in [-0.39, 0.29) is 0 Å². The lowest BCUT2D eigenvalue weighted by Gasteiger charge is -2.10. The fourth-order valence-corrected chi connectivity index (χ4v) is 1.70. The lowest BCUT2D eigenvalue weighted by Crippen LogP contribution is -1.91. The molecule has 0 heteroatoms. The van der Waals surface area contributed by atoms with Crippen LogP contribution in [0.3, 0.4) is 0 Å². The summed E-state index contributed by atoms with van der Waals surface area (Å²) in [6.07, 6.45) is 6.04. The maximum atomic E-state index is 4.00. The Labute approximate surface area is 92.6 Å². The van der Waals surface area contributed by atoms with E-state index in [4.69, 9.17) is 0 Å². The van der Waals surface area contributed by atoms with E-state index in [2.05, 4.69) is 38.3 Å². The van der Waals surface area contributed by atoms with E-state index in [0.717, 1.165) is 5.57 Å². The standard InChI is InChI=1S/C15H18/c1-6-8-13-9-14(7-2)12(5)15(10-13)11(3)4/h6-10H,2-3H2,1,4-5H3. The van der Waals surface area contributed by atoms with E-state index < -0.39 is 0 Å². The number of rotatable bonds is 3. The molecule has 78 valence electrons. The molecule has 1 aromatic carbocycles. The first-order chi connectivity index (χ1) is 7.10.